The van der Waals surface area contributed by atoms with Crippen molar-refractivity contribution in [1.82, 2.24) is 19.8 Å². The molecule has 0 fully saturated rings. The lowest BCUT2D eigenvalue weighted by atomic mass is 10.1. The van der Waals surface area contributed by atoms with Gasteiger partial charge in [-0.3, -0.25) is 4.72 Å². The van der Waals surface area contributed by atoms with Crippen LogP contribution in [0, 0.1) is 18.6 Å². The third-order valence-corrected chi connectivity index (χ3v) is 5.47. The summed E-state index contributed by atoms with van der Waals surface area (Å²) >= 11 is 0. The molecule has 4 aromatic rings. The van der Waals surface area contributed by atoms with Gasteiger partial charge in [0.1, 0.15) is 11.6 Å². The first-order chi connectivity index (χ1) is 13.3. The average molecular weight is 401 g/mol. The molecule has 1 N–H and O–H groups in total. The monoisotopic (exact) mass is 401 g/mol. The van der Waals surface area contributed by atoms with E-state index in [9.17, 15) is 17.2 Å². The van der Waals surface area contributed by atoms with Gasteiger partial charge in [0.25, 0.3) is 10.0 Å². The van der Waals surface area contributed by atoms with E-state index in [1.807, 2.05) is 0 Å². The number of rotatable bonds is 4. The normalized spacial score (nSPS) is 11.7. The van der Waals surface area contributed by atoms with Gasteiger partial charge >= 0.3 is 0 Å². The van der Waals surface area contributed by atoms with Crippen LogP contribution >= 0.6 is 0 Å². The Morgan fingerprint density at radius 1 is 0.929 bits per heavy atom. The lowest BCUT2D eigenvalue weighted by Gasteiger charge is -2.10. The number of sulfonamides is 1. The molecule has 10 heteroatoms. The molecule has 0 radical (unpaired) electrons. The Morgan fingerprint density at radius 3 is 2.29 bits per heavy atom. The quantitative estimate of drug-likeness (QED) is 0.567. The van der Waals surface area contributed by atoms with Gasteiger partial charge in [-0.15, -0.1) is 10.2 Å². The zero-order chi connectivity index (χ0) is 19.9. The van der Waals surface area contributed by atoms with E-state index in [1.165, 1.54) is 12.1 Å². The second-order valence-electron chi connectivity index (χ2n) is 5.97. The maximum atomic E-state index is 13.8. The lowest BCUT2D eigenvalue weighted by Crippen LogP contribution is -2.16. The molecule has 2 heterocycles. The van der Waals surface area contributed by atoms with Gasteiger partial charge < -0.3 is 0 Å². The van der Waals surface area contributed by atoms with Crippen LogP contribution in [0.4, 0.5) is 14.5 Å². The van der Waals surface area contributed by atoms with E-state index in [4.69, 9.17) is 0 Å². The summed E-state index contributed by atoms with van der Waals surface area (Å²) in [7, 11) is -4.42. The number of nitrogens with one attached hydrogen (secondary N) is 1. The Balaban J connectivity index is 1.63. The molecule has 0 aliphatic heterocycles. The molecule has 0 saturated carbocycles. The summed E-state index contributed by atoms with van der Waals surface area (Å²) in [5, 5.41) is 12.3. The van der Waals surface area contributed by atoms with Gasteiger partial charge in [-0.05, 0) is 43.3 Å². The first kappa shape index (κ1) is 18.0. The number of halogens is 2. The molecule has 0 atom stereocenters. The molecule has 0 unspecified atom stereocenters. The van der Waals surface area contributed by atoms with Crippen molar-refractivity contribution < 1.29 is 17.2 Å². The molecule has 28 heavy (non-hydrogen) atoms. The molecular formula is C18H13F2N5O2S. The van der Waals surface area contributed by atoms with Crippen molar-refractivity contribution in [2.45, 2.75) is 11.8 Å². The fourth-order valence-electron chi connectivity index (χ4n) is 2.70. The van der Waals surface area contributed by atoms with Crippen molar-refractivity contribution in [3.05, 3.63) is 72.1 Å². The van der Waals surface area contributed by atoms with Crippen LogP contribution in [-0.2, 0) is 10.0 Å². The molecular weight excluding hydrogens is 388 g/mol. The first-order valence-corrected chi connectivity index (χ1v) is 9.60. The van der Waals surface area contributed by atoms with Crippen molar-refractivity contribution >= 4 is 21.4 Å². The number of nitrogens with zero attached hydrogens (tertiary/aromatic N) is 4. The molecule has 0 aliphatic rings. The highest BCUT2D eigenvalue weighted by Crippen LogP contribution is 2.24. The first-order valence-electron chi connectivity index (χ1n) is 8.11. The van der Waals surface area contributed by atoms with Gasteiger partial charge in [0.2, 0.25) is 0 Å². The summed E-state index contributed by atoms with van der Waals surface area (Å²) in [6.45, 7) is 1.77. The largest absolute Gasteiger partial charge is 0.279 e. The van der Waals surface area contributed by atoms with Crippen molar-refractivity contribution in [2.75, 3.05) is 4.72 Å². The highest BCUT2D eigenvalue weighted by atomic mass is 32.2. The summed E-state index contributed by atoms with van der Waals surface area (Å²) in [6, 6.07) is 12.6. The lowest BCUT2D eigenvalue weighted by molar-refractivity contribution is 0.521. The predicted molar refractivity (Wildman–Crippen MR) is 98.1 cm³/mol. The SMILES string of the molecule is Cc1nnc2ccc(-c3ccc(NS(=O)(=O)c4c(F)cccc4F)cc3)nn12. The van der Waals surface area contributed by atoms with E-state index in [-0.39, 0.29) is 5.69 Å². The highest BCUT2D eigenvalue weighted by Gasteiger charge is 2.23. The second-order valence-corrected chi connectivity index (χ2v) is 7.59. The van der Waals surface area contributed by atoms with Gasteiger partial charge in [-0.1, -0.05) is 18.2 Å². The molecule has 2 aromatic heterocycles. The number of hydrogen-bond acceptors (Lipinski definition) is 5. The minimum absolute atomic E-state index is 0.160. The molecule has 4 rings (SSSR count). The van der Waals surface area contributed by atoms with Gasteiger partial charge in [-0.25, -0.2) is 17.2 Å². The Morgan fingerprint density at radius 2 is 1.61 bits per heavy atom. The molecule has 0 spiro atoms. The van der Waals surface area contributed by atoms with Crippen LogP contribution in [0.1, 0.15) is 5.82 Å². The maximum absolute atomic E-state index is 13.8. The number of hydrogen-bond donors (Lipinski definition) is 1. The molecule has 2 aromatic carbocycles. The predicted octanol–water partition coefficient (Wildman–Crippen LogP) is 3.18. The second kappa shape index (κ2) is 6.64. The smallest absolute Gasteiger partial charge is 0.267 e. The van der Waals surface area contributed by atoms with Crippen LogP contribution in [0.2, 0.25) is 0 Å². The standard InChI is InChI=1S/C18H13F2N5O2S/c1-11-21-22-17-10-9-16(23-25(11)17)12-5-7-13(8-6-12)24-28(26,27)18-14(19)3-2-4-15(18)20/h2-10,24H,1H3. The number of fused-ring (bicyclic) bond motifs is 1. The van der Waals surface area contributed by atoms with Crippen molar-refractivity contribution in [2.24, 2.45) is 0 Å². The van der Waals surface area contributed by atoms with Gasteiger partial charge in [0, 0.05) is 11.3 Å². The van der Waals surface area contributed by atoms with Crippen molar-refractivity contribution in [3.8, 4) is 11.3 Å². The fourth-order valence-corrected chi connectivity index (χ4v) is 3.90. The van der Waals surface area contributed by atoms with E-state index < -0.39 is 26.6 Å². The summed E-state index contributed by atoms with van der Waals surface area (Å²) in [5.74, 6) is -1.69. The third kappa shape index (κ3) is 3.18. The number of aromatic nitrogens is 4. The Hall–Kier alpha value is -3.40. The van der Waals surface area contributed by atoms with Crippen LogP contribution in [0.5, 0.6) is 0 Å². The highest BCUT2D eigenvalue weighted by molar-refractivity contribution is 7.92. The van der Waals surface area contributed by atoms with E-state index >= 15 is 0 Å². The van der Waals surface area contributed by atoms with E-state index in [1.54, 1.807) is 35.7 Å². The zero-order valence-corrected chi connectivity index (χ0v) is 15.3. The molecule has 0 bridgehead atoms. The molecule has 0 saturated heterocycles. The Labute approximate surface area is 158 Å². The summed E-state index contributed by atoms with van der Waals surface area (Å²) in [6.07, 6.45) is 0. The molecule has 142 valence electrons. The number of aryl methyl sites for hydroxylation is 1. The van der Waals surface area contributed by atoms with E-state index in [0.29, 0.717) is 17.2 Å². The van der Waals surface area contributed by atoms with Gasteiger partial charge in [-0.2, -0.15) is 9.61 Å². The van der Waals surface area contributed by atoms with Crippen molar-refractivity contribution in [3.63, 3.8) is 0 Å². The summed E-state index contributed by atoms with van der Waals surface area (Å²) < 4.78 is 56.0. The maximum Gasteiger partial charge on any atom is 0.267 e. The Kier molecular flexibility index (Phi) is 4.27. The van der Waals surface area contributed by atoms with E-state index in [2.05, 4.69) is 20.0 Å². The van der Waals surface area contributed by atoms with Gasteiger partial charge in [0.15, 0.2) is 16.4 Å². The fraction of sp³-hybridized carbons (Fsp3) is 0.0556. The number of anilines is 1. The van der Waals surface area contributed by atoms with E-state index in [0.717, 1.165) is 23.8 Å². The third-order valence-electron chi connectivity index (χ3n) is 4.04. The molecule has 7 nitrogen and oxygen atoms in total. The van der Waals surface area contributed by atoms with Gasteiger partial charge in [0.05, 0.1) is 5.69 Å². The number of benzene rings is 2. The van der Waals surface area contributed by atoms with Crippen LogP contribution in [0.15, 0.2) is 59.5 Å². The topological polar surface area (TPSA) is 89.2 Å². The minimum atomic E-state index is -4.42. The molecule has 0 amide bonds. The van der Waals surface area contributed by atoms with Crippen molar-refractivity contribution in [1.29, 1.82) is 0 Å². The van der Waals surface area contributed by atoms with Crippen LogP contribution < -0.4 is 4.72 Å². The minimum Gasteiger partial charge on any atom is -0.279 e. The average Bonchev–Trinajstić information content (AvgIpc) is 3.02. The van der Waals surface area contributed by atoms with Crippen LogP contribution in [-0.4, -0.2) is 28.2 Å². The Bertz CT molecular complexity index is 1270. The zero-order valence-electron chi connectivity index (χ0n) is 14.5. The summed E-state index contributed by atoms with van der Waals surface area (Å²) in [4.78, 5) is -1.02. The summed E-state index contributed by atoms with van der Waals surface area (Å²) in [5.41, 5.74) is 2.12. The van der Waals surface area contributed by atoms with Crippen LogP contribution in [0.3, 0.4) is 0 Å². The van der Waals surface area contributed by atoms with Crippen LogP contribution in [0.25, 0.3) is 16.9 Å². The molecule has 0 aliphatic carbocycles.